The molecule has 0 saturated carbocycles. The van der Waals surface area contributed by atoms with Crippen LogP contribution in [0.25, 0.3) is 0 Å². The highest BCUT2D eigenvalue weighted by atomic mass is 32.2. The van der Waals surface area contributed by atoms with Crippen molar-refractivity contribution >= 4 is 10.0 Å². The van der Waals surface area contributed by atoms with E-state index in [-0.39, 0.29) is 4.90 Å². The summed E-state index contributed by atoms with van der Waals surface area (Å²) in [5.74, 6) is 0.612. The lowest BCUT2D eigenvalue weighted by Gasteiger charge is -2.12. The van der Waals surface area contributed by atoms with Gasteiger partial charge in [0.25, 0.3) is 0 Å². The quantitative estimate of drug-likeness (QED) is 0.911. The molecule has 2 N–H and O–H groups in total. The van der Waals surface area contributed by atoms with Crippen LogP contribution in [0.4, 0.5) is 0 Å². The number of aromatic nitrogens is 2. The van der Waals surface area contributed by atoms with E-state index in [1.807, 2.05) is 11.5 Å². The highest BCUT2D eigenvalue weighted by molar-refractivity contribution is 7.89. The number of hydrogen-bond donors (Lipinski definition) is 1. The molecule has 0 radical (unpaired) electrons. The van der Waals surface area contributed by atoms with Crippen LogP contribution in [0, 0.1) is 13.8 Å². The number of hydrogen-bond acceptors (Lipinski definition) is 4. The van der Waals surface area contributed by atoms with Crippen molar-refractivity contribution in [2.75, 3.05) is 0 Å². The van der Waals surface area contributed by atoms with E-state index in [9.17, 15) is 8.42 Å². The van der Waals surface area contributed by atoms with Gasteiger partial charge in [-0.15, -0.1) is 0 Å². The minimum atomic E-state index is -3.72. The molecule has 21 heavy (non-hydrogen) atoms. The van der Waals surface area contributed by atoms with Crippen LogP contribution in [-0.4, -0.2) is 18.0 Å². The SMILES string of the molecule is CCn1cncc1COc1cc(C)c(S(N)(=O)=O)c(C)c1. The fourth-order valence-corrected chi connectivity index (χ4v) is 3.37. The van der Waals surface area contributed by atoms with Crippen LogP contribution in [0.1, 0.15) is 23.7 Å². The molecular formula is C14H19N3O3S. The molecule has 2 rings (SSSR count). The van der Waals surface area contributed by atoms with Crippen molar-refractivity contribution in [3.63, 3.8) is 0 Å². The van der Waals surface area contributed by atoms with Gasteiger partial charge >= 0.3 is 0 Å². The Balaban J connectivity index is 2.23. The molecule has 1 aromatic heterocycles. The highest BCUT2D eigenvalue weighted by Crippen LogP contribution is 2.25. The summed E-state index contributed by atoms with van der Waals surface area (Å²) in [4.78, 5) is 4.23. The van der Waals surface area contributed by atoms with Gasteiger partial charge in [-0.3, -0.25) is 0 Å². The van der Waals surface area contributed by atoms with Gasteiger partial charge in [-0.05, 0) is 44.0 Å². The Bertz CT molecular complexity index is 728. The van der Waals surface area contributed by atoms with E-state index in [2.05, 4.69) is 4.98 Å². The molecule has 0 saturated heterocycles. The van der Waals surface area contributed by atoms with Crippen LogP contribution in [0.15, 0.2) is 29.6 Å². The average Bonchev–Trinajstić information content (AvgIpc) is 2.81. The predicted molar refractivity (Wildman–Crippen MR) is 79.5 cm³/mol. The average molecular weight is 309 g/mol. The second-order valence-corrected chi connectivity index (χ2v) is 6.39. The molecule has 0 unspecified atom stereocenters. The van der Waals surface area contributed by atoms with E-state index in [1.165, 1.54) is 0 Å². The number of primary sulfonamides is 1. The first-order chi connectivity index (χ1) is 9.82. The molecule has 0 aliphatic heterocycles. The van der Waals surface area contributed by atoms with Crippen molar-refractivity contribution in [2.24, 2.45) is 5.14 Å². The predicted octanol–water partition coefficient (Wildman–Crippen LogP) is 1.75. The minimum absolute atomic E-state index is 0.161. The van der Waals surface area contributed by atoms with E-state index in [4.69, 9.17) is 9.88 Å². The van der Waals surface area contributed by atoms with Crippen molar-refractivity contribution in [2.45, 2.75) is 38.8 Å². The van der Waals surface area contributed by atoms with Crippen LogP contribution in [0.2, 0.25) is 0 Å². The topological polar surface area (TPSA) is 87.2 Å². The first kappa shape index (κ1) is 15.5. The molecule has 114 valence electrons. The Morgan fingerprint density at radius 1 is 1.29 bits per heavy atom. The summed E-state index contributed by atoms with van der Waals surface area (Å²) in [6, 6.07) is 3.36. The van der Waals surface area contributed by atoms with E-state index < -0.39 is 10.0 Å². The van der Waals surface area contributed by atoms with Crippen LogP contribution >= 0.6 is 0 Å². The standard InChI is InChI=1S/C14H19N3O3S/c1-4-17-9-16-7-12(17)8-20-13-5-10(2)14(11(3)6-13)21(15,18)19/h5-7,9H,4,8H2,1-3H3,(H2,15,18,19). The number of nitrogens with two attached hydrogens (primary N) is 1. The van der Waals surface area contributed by atoms with Crippen molar-refractivity contribution in [3.8, 4) is 5.75 Å². The molecule has 0 amide bonds. The zero-order valence-electron chi connectivity index (χ0n) is 12.3. The third-order valence-electron chi connectivity index (χ3n) is 3.24. The van der Waals surface area contributed by atoms with Gasteiger partial charge in [0.05, 0.1) is 23.1 Å². The molecule has 0 atom stereocenters. The summed E-state index contributed by atoms with van der Waals surface area (Å²) in [7, 11) is -3.72. The number of ether oxygens (including phenoxy) is 1. The van der Waals surface area contributed by atoms with Gasteiger partial charge in [0.2, 0.25) is 10.0 Å². The molecule has 0 spiro atoms. The van der Waals surface area contributed by atoms with Crippen LogP contribution in [-0.2, 0) is 23.2 Å². The maximum Gasteiger partial charge on any atom is 0.238 e. The number of nitrogens with zero attached hydrogens (tertiary/aromatic N) is 2. The Morgan fingerprint density at radius 2 is 1.90 bits per heavy atom. The minimum Gasteiger partial charge on any atom is -0.487 e. The van der Waals surface area contributed by atoms with Crippen LogP contribution < -0.4 is 9.88 Å². The van der Waals surface area contributed by atoms with Gasteiger partial charge in [-0.1, -0.05) is 0 Å². The smallest absolute Gasteiger partial charge is 0.238 e. The fourth-order valence-electron chi connectivity index (χ4n) is 2.35. The first-order valence-corrected chi connectivity index (χ1v) is 8.13. The monoisotopic (exact) mass is 309 g/mol. The summed E-state index contributed by atoms with van der Waals surface area (Å²) in [6.07, 6.45) is 3.50. The largest absolute Gasteiger partial charge is 0.487 e. The lowest BCUT2D eigenvalue weighted by atomic mass is 10.1. The maximum absolute atomic E-state index is 11.5. The number of aryl methyl sites for hydroxylation is 3. The molecule has 0 aliphatic rings. The van der Waals surface area contributed by atoms with Gasteiger partial charge in [0.15, 0.2) is 0 Å². The molecule has 0 fully saturated rings. The highest BCUT2D eigenvalue weighted by Gasteiger charge is 2.16. The lowest BCUT2D eigenvalue weighted by Crippen LogP contribution is -2.15. The molecule has 0 aliphatic carbocycles. The lowest BCUT2D eigenvalue weighted by molar-refractivity contribution is 0.294. The Labute approximate surface area is 124 Å². The number of imidazole rings is 1. The summed E-state index contributed by atoms with van der Waals surface area (Å²) in [5.41, 5.74) is 2.12. The van der Waals surface area contributed by atoms with Gasteiger partial charge in [0.1, 0.15) is 12.4 Å². The van der Waals surface area contributed by atoms with Crippen molar-refractivity contribution in [1.29, 1.82) is 0 Å². The van der Waals surface area contributed by atoms with E-state index >= 15 is 0 Å². The van der Waals surface area contributed by atoms with Gasteiger partial charge < -0.3 is 9.30 Å². The van der Waals surface area contributed by atoms with Crippen molar-refractivity contribution in [3.05, 3.63) is 41.5 Å². The third-order valence-corrected chi connectivity index (χ3v) is 4.46. The molecule has 2 aromatic rings. The third kappa shape index (κ3) is 3.43. The first-order valence-electron chi connectivity index (χ1n) is 6.58. The van der Waals surface area contributed by atoms with Crippen molar-refractivity contribution in [1.82, 2.24) is 9.55 Å². The van der Waals surface area contributed by atoms with E-state index in [0.717, 1.165) is 12.2 Å². The molecule has 0 bridgehead atoms. The Morgan fingerprint density at radius 3 is 2.43 bits per heavy atom. The zero-order valence-corrected chi connectivity index (χ0v) is 13.1. The second-order valence-electron chi connectivity index (χ2n) is 4.89. The molecule has 1 aromatic carbocycles. The van der Waals surface area contributed by atoms with Gasteiger partial charge in [0, 0.05) is 6.54 Å². The molecule has 6 nitrogen and oxygen atoms in total. The fraction of sp³-hybridized carbons (Fsp3) is 0.357. The van der Waals surface area contributed by atoms with E-state index in [0.29, 0.717) is 23.5 Å². The van der Waals surface area contributed by atoms with Gasteiger partial charge in [-0.2, -0.15) is 0 Å². The Kier molecular flexibility index (Phi) is 4.34. The zero-order chi connectivity index (χ0) is 15.6. The van der Waals surface area contributed by atoms with Gasteiger partial charge in [-0.25, -0.2) is 18.5 Å². The summed E-state index contributed by atoms with van der Waals surface area (Å²) < 4.78 is 30.8. The molecular weight excluding hydrogens is 290 g/mol. The summed E-state index contributed by atoms with van der Waals surface area (Å²) >= 11 is 0. The van der Waals surface area contributed by atoms with Crippen LogP contribution in [0.5, 0.6) is 5.75 Å². The van der Waals surface area contributed by atoms with Crippen LogP contribution in [0.3, 0.4) is 0 Å². The number of benzene rings is 1. The normalized spacial score (nSPS) is 11.6. The molecule has 7 heteroatoms. The van der Waals surface area contributed by atoms with E-state index in [1.54, 1.807) is 38.5 Å². The second kappa shape index (κ2) is 5.87. The summed E-state index contributed by atoms with van der Waals surface area (Å²) in [6.45, 7) is 6.63. The molecule has 1 heterocycles. The number of rotatable bonds is 5. The van der Waals surface area contributed by atoms with Crippen molar-refractivity contribution < 1.29 is 13.2 Å². The summed E-state index contributed by atoms with van der Waals surface area (Å²) in [5, 5.41) is 5.22. The Hall–Kier alpha value is -1.86. The maximum atomic E-state index is 11.5. The number of sulfonamides is 1.